The van der Waals surface area contributed by atoms with Crippen LogP contribution in [-0.4, -0.2) is 11.1 Å². The molecule has 1 aromatic carbocycles. The van der Waals surface area contributed by atoms with Gasteiger partial charge in [-0.3, -0.25) is 0 Å². The van der Waals surface area contributed by atoms with Gasteiger partial charge in [-0.1, -0.05) is 0 Å². The number of aryl methyl sites for hydroxylation is 1. The molecular weight excluding hydrogens is 266 g/mol. The Balaban J connectivity index is 3.74. The van der Waals surface area contributed by atoms with Crippen molar-refractivity contribution < 1.29 is 36.2 Å². The molecule has 0 heterocycles. The number of rotatable bonds is 1. The van der Waals surface area contributed by atoms with Crippen LogP contribution >= 0.6 is 0 Å². The predicted octanol–water partition coefficient (Wildman–Crippen LogP) is 3.73. The molecule has 0 fully saturated rings. The van der Waals surface area contributed by atoms with E-state index >= 15 is 0 Å². The maximum absolute atomic E-state index is 12.5. The van der Waals surface area contributed by atoms with Gasteiger partial charge in [-0.25, -0.2) is 4.79 Å². The van der Waals surface area contributed by atoms with Crippen molar-refractivity contribution >= 4 is 5.97 Å². The van der Waals surface area contributed by atoms with Crippen molar-refractivity contribution in [3.63, 3.8) is 0 Å². The first-order chi connectivity index (χ1) is 7.94. The maximum Gasteiger partial charge on any atom is 0.417 e. The molecule has 0 bridgehead atoms. The van der Waals surface area contributed by atoms with Gasteiger partial charge in [0.25, 0.3) is 0 Å². The molecule has 1 rings (SSSR count). The Morgan fingerprint density at radius 1 is 1.00 bits per heavy atom. The topological polar surface area (TPSA) is 37.3 Å². The summed E-state index contributed by atoms with van der Waals surface area (Å²) in [7, 11) is 0. The Labute approximate surface area is 96.8 Å². The molecule has 0 aliphatic rings. The molecule has 8 heteroatoms. The smallest absolute Gasteiger partial charge is 0.417 e. The highest BCUT2D eigenvalue weighted by Crippen LogP contribution is 2.40. The van der Waals surface area contributed by atoms with Crippen LogP contribution in [0.5, 0.6) is 0 Å². The van der Waals surface area contributed by atoms with Crippen LogP contribution in [0.15, 0.2) is 12.1 Å². The molecule has 1 N–H and O–H groups in total. The number of benzene rings is 1. The fourth-order valence-corrected chi connectivity index (χ4v) is 1.46. The summed E-state index contributed by atoms with van der Waals surface area (Å²) >= 11 is 0. The van der Waals surface area contributed by atoms with Crippen molar-refractivity contribution in [3.8, 4) is 0 Å². The lowest BCUT2D eigenvalue weighted by Gasteiger charge is -2.17. The largest absolute Gasteiger partial charge is 0.478 e. The van der Waals surface area contributed by atoms with Crippen LogP contribution in [-0.2, 0) is 12.4 Å². The molecule has 100 valence electrons. The van der Waals surface area contributed by atoms with Crippen LogP contribution in [0.4, 0.5) is 26.3 Å². The third kappa shape index (κ3) is 2.74. The second-order valence-corrected chi connectivity index (χ2v) is 3.54. The van der Waals surface area contributed by atoms with Crippen molar-refractivity contribution in [2.24, 2.45) is 0 Å². The minimum absolute atomic E-state index is 0.320. The normalized spacial score (nSPS) is 12.6. The van der Waals surface area contributed by atoms with Crippen LogP contribution < -0.4 is 0 Å². The lowest BCUT2D eigenvalue weighted by Crippen LogP contribution is -2.20. The van der Waals surface area contributed by atoms with Crippen LogP contribution in [0.1, 0.15) is 27.0 Å². The van der Waals surface area contributed by atoms with Gasteiger partial charge in [-0.15, -0.1) is 0 Å². The predicted molar refractivity (Wildman–Crippen MR) is 48.1 cm³/mol. The van der Waals surface area contributed by atoms with Crippen LogP contribution in [0.25, 0.3) is 0 Å². The zero-order chi connectivity index (χ0) is 14.3. The highest BCUT2D eigenvalue weighted by molar-refractivity contribution is 5.92. The maximum atomic E-state index is 12.5. The van der Waals surface area contributed by atoms with E-state index in [0.717, 1.165) is 6.92 Å². The standard InChI is InChI=1S/C10H6F6O2/c1-4-2-5(9(11,12)13)7(8(17)18)6(3-4)10(14,15)16/h2-3H,1H3,(H,17,18). The number of halogens is 6. The number of carbonyl (C=O) groups is 1. The monoisotopic (exact) mass is 272 g/mol. The van der Waals surface area contributed by atoms with E-state index in [1.165, 1.54) is 0 Å². The van der Waals surface area contributed by atoms with Gasteiger partial charge in [0, 0.05) is 0 Å². The molecule has 0 aliphatic carbocycles. The summed E-state index contributed by atoms with van der Waals surface area (Å²) in [6.45, 7) is 1.02. The van der Waals surface area contributed by atoms with Crippen molar-refractivity contribution in [3.05, 3.63) is 34.4 Å². The molecule has 0 radical (unpaired) electrons. The first kappa shape index (κ1) is 14.3. The number of carboxylic acids is 1. The number of alkyl halides is 6. The van der Waals surface area contributed by atoms with E-state index in [2.05, 4.69) is 0 Å². The third-order valence-electron chi connectivity index (χ3n) is 2.11. The summed E-state index contributed by atoms with van der Waals surface area (Å²) in [5.41, 5.74) is -5.70. The van der Waals surface area contributed by atoms with E-state index in [-0.39, 0.29) is 5.56 Å². The summed E-state index contributed by atoms with van der Waals surface area (Å²) in [5, 5.41) is 8.56. The Hall–Kier alpha value is -1.73. The first-order valence-corrected chi connectivity index (χ1v) is 4.47. The van der Waals surface area contributed by atoms with Crippen molar-refractivity contribution in [1.29, 1.82) is 0 Å². The lowest BCUT2D eigenvalue weighted by atomic mass is 9.97. The summed E-state index contributed by atoms with van der Waals surface area (Å²) in [5.74, 6) is -2.27. The molecule has 0 saturated heterocycles. The average Bonchev–Trinajstić information content (AvgIpc) is 2.12. The second kappa shape index (κ2) is 4.18. The minimum Gasteiger partial charge on any atom is -0.478 e. The van der Waals surface area contributed by atoms with Gasteiger partial charge in [0.15, 0.2) is 0 Å². The molecule has 2 nitrogen and oxygen atoms in total. The summed E-state index contributed by atoms with van der Waals surface area (Å²) in [4.78, 5) is 10.6. The molecule has 0 atom stereocenters. The number of hydrogen-bond acceptors (Lipinski definition) is 1. The summed E-state index contributed by atoms with van der Waals surface area (Å²) in [6.07, 6.45) is -10.3. The molecule has 0 aromatic heterocycles. The van der Waals surface area contributed by atoms with Crippen LogP contribution in [0.3, 0.4) is 0 Å². The van der Waals surface area contributed by atoms with Gasteiger partial charge >= 0.3 is 18.3 Å². The quantitative estimate of drug-likeness (QED) is 0.791. The zero-order valence-electron chi connectivity index (χ0n) is 8.78. The molecular formula is C10H6F6O2. The fourth-order valence-electron chi connectivity index (χ4n) is 1.46. The highest BCUT2D eigenvalue weighted by atomic mass is 19.4. The highest BCUT2D eigenvalue weighted by Gasteiger charge is 2.43. The van der Waals surface area contributed by atoms with E-state index in [4.69, 9.17) is 5.11 Å². The van der Waals surface area contributed by atoms with E-state index in [9.17, 15) is 31.1 Å². The first-order valence-electron chi connectivity index (χ1n) is 4.47. The average molecular weight is 272 g/mol. The number of aromatic carboxylic acids is 1. The van der Waals surface area contributed by atoms with E-state index in [1.807, 2.05) is 0 Å². The molecule has 0 amide bonds. The number of hydrogen-bond donors (Lipinski definition) is 1. The third-order valence-corrected chi connectivity index (χ3v) is 2.11. The Kier molecular flexibility index (Phi) is 3.33. The van der Waals surface area contributed by atoms with Gasteiger partial charge in [-0.2, -0.15) is 26.3 Å². The Morgan fingerprint density at radius 3 is 1.56 bits per heavy atom. The van der Waals surface area contributed by atoms with Crippen LogP contribution in [0.2, 0.25) is 0 Å². The van der Waals surface area contributed by atoms with Gasteiger partial charge in [0.2, 0.25) is 0 Å². The zero-order valence-corrected chi connectivity index (χ0v) is 8.78. The van der Waals surface area contributed by atoms with E-state index < -0.39 is 35.0 Å². The Morgan fingerprint density at radius 2 is 1.33 bits per heavy atom. The lowest BCUT2D eigenvalue weighted by molar-refractivity contribution is -0.144. The van der Waals surface area contributed by atoms with Gasteiger partial charge in [-0.05, 0) is 24.6 Å². The van der Waals surface area contributed by atoms with Crippen molar-refractivity contribution in [2.75, 3.05) is 0 Å². The SMILES string of the molecule is Cc1cc(C(F)(F)F)c(C(=O)O)c(C(F)(F)F)c1. The Bertz CT molecular complexity index is 451. The second-order valence-electron chi connectivity index (χ2n) is 3.54. The molecule has 0 aliphatic heterocycles. The molecule has 0 saturated carbocycles. The molecule has 0 unspecified atom stereocenters. The molecule has 1 aromatic rings. The summed E-state index contributed by atoms with van der Waals surface area (Å²) in [6, 6.07) is 0.747. The van der Waals surface area contributed by atoms with Crippen molar-refractivity contribution in [1.82, 2.24) is 0 Å². The fraction of sp³-hybridized carbons (Fsp3) is 0.300. The molecule has 0 spiro atoms. The minimum atomic E-state index is -5.17. The van der Waals surface area contributed by atoms with Gasteiger partial charge in [0.05, 0.1) is 16.7 Å². The van der Waals surface area contributed by atoms with Crippen molar-refractivity contribution in [2.45, 2.75) is 19.3 Å². The van der Waals surface area contributed by atoms with Crippen LogP contribution in [0, 0.1) is 6.92 Å². The number of carboxylic acid groups (broad SMARTS) is 1. The van der Waals surface area contributed by atoms with E-state index in [0.29, 0.717) is 12.1 Å². The van der Waals surface area contributed by atoms with Gasteiger partial charge < -0.3 is 5.11 Å². The summed E-state index contributed by atoms with van der Waals surface area (Å²) < 4.78 is 75.2. The van der Waals surface area contributed by atoms with Gasteiger partial charge in [0.1, 0.15) is 0 Å². The molecule has 18 heavy (non-hydrogen) atoms. The van der Waals surface area contributed by atoms with E-state index in [1.54, 1.807) is 0 Å².